The number of pyridine rings is 1. The van der Waals surface area contributed by atoms with E-state index in [4.69, 9.17) is 0 Å². The van der Waals surface area contributed by atoms with Gasteiger partial charge in [-0.25, -0.2) is 8.42 Å². The second-order valence-corrected chi connectivity index (χ2v) is 6.24. The number of allylic oxidation sites excluding steroid dienone is 1. The fraction of sp³-hybridized carbons (Fsp3) is 0.143. The third-order valence-corrected chi connectivity index (χ3v) is 3.92. The average molecular weight is 275 g/mol. The molecule has 0 saturated carbocycles. The fourth-order valence-electron chi connectivity index (χ4n) is 1.85. The van der Waals surface area contributed by atoms with Gasteiger partial charge in [0.1, 0.15) is 4.91 Å². The van der Waals surface area contributed by atoms with Crippen LogP contribution in [0.15, 0.2) is 41.4 Å². The molecule has 0 amide bonds. The van der Waals surface area contributed by atoms with Gasteiger partial charge in [-0.2, -0.15) is 0 Å². The zero-order chi connectivity index (χ0) is 14.0. The zero-order valence-electron chi connectivity index (χ0n) is 10.6. The predicted octanol–water partition coefficient (Wildman–Crippen LogP) is 2.21. The summed E-state index contributed by atoms with van der Waals surface area (Å²) in [6, 6.07) is 9.06. The molecule has 0 N–H and O–H groups in total. The first-order valence-electron chi connectivity index (χ1n) is 5.66. The highest BCUT2D eigenvalue weighted by Crippen LogP contribution is 2.20. The Kier molecular flexibility index (Phi) is 3.48. The maximum atomic E-state index is 11.6. The molecule has 0 unspecified atom stereocenters. The molecule has 0 bridgehead atoms. The quantitative estimate of drug-likeness (QED) is 0.806. The number of para-hydroxylation sites is 1. The molecular weight excluding hydrogens is 262 g/mol. The van der Waals surface area contributed by atoms with Crippen LogP contribution in [-0.2, 0) is 14.6 Å². The first-order valence-corrected chi connectivity index (χ1v) is 7.55. The van der Waals surface area contributed by atoms with Crippen LogP contribution in [0.3, 0.4) is 0 Å². The molecule has 1 aromatic heterocycles. The maximum absolute atomic E-state index is 11.6. The van der Waals surface area contributed by atoms with Gasteiger partial charge in [-0.15, -0.1) is 0 Å². The Hall–Kier alpha value is -2.01. The van der Waals surface area contributed by atoms with Gasteiger partial charge in [0.15, 0.2) is 15.6 Å². The number of nitrogens with zero attached hydrogens (tertiary/aromatic N) is 1. The van der Waals surface area contributed by atoms with Crippen LogP contribution in [-0.4, -0.2) is 25.4 Å². The number of benzene rings is 1. The minimum atomic E-state index is -3.54. The summed E-state index contributed by atoms with van der Waals surface area (Å²) in [4.78, 5) is 15.5. The van der Waals surface area contributed by atoms with Gasteiger partial charge in [0.2, 0.25) is 0 Å². The molecule has 0 aliphatic heterocycles. The summed E-state index contributed by atoms with van der Waals surface area (Å²) in [5, 5.41) is 0.812. The molecule has 5 heteroatoms. The van der Waals surface area contributed by atoms with E-state index in [-0.39, 0.29) is 4.91 Å². The van der Waals surface area contributed by atoms with E-state index in [0.29, 0.717) is 5.56 Å². The van der Waals surface area contributed by atoms with Crippen molar-refractivity contribution in [2.45, 2.75) is 6.92 Å². The summed E-state index contributed by atoms with van der Waals surface area (Å²) >= 11 is 0. The lowest BCUT2D eigenvalue weighted by Gasteiger charge is -2.04. The standard InChI is InChI=1S/C14H13NO3S/c1-10(16)14(19(2,17)18)9-11-7-8-15-13-6-4-3-5-12(11)13/h3-9H,1-2H3/b14-9-. The molecule has 1 heterocycles. The highest BCUT2D eigenvalue weighted by molar-refractivity contribution is 7.95. The first-order chi connectivity index (χ1) is 8.89. The zero-order valence-corrected chi connectivity index (χ0v) is 11.4. The topological polar surface area (TPSA) is 64.1 Å². The van der Waals surface area contributed by atoms with Gasteiger partial charge in [-0.3, -0.25) is 9.78 Å². The van der Waals surface area contributed by atoms with E-state index in [0.717, 1.165) is 17.2 Å². The second-order valence-electron chi connectivity index (χ2n) is 4.25. The lowest BCUT2D eigenvalue weighted by molar-refractivity contribution is -0.112. The van der Waals surface area contributed by atoms with Crippen molar-refractivity contribution in [3.63, 3.8) is 0 Å². The number of hydrogen-bond acceptors (Lipinski definition) is 4. The number of rotatable bonds is 3. The highest BCUT2D eigenvalue weighted by Gasteiger charge is 2.16. The Morgan fingerprint density at radius 3 is 2.53 bits per heavy atom. The maximum Gasteiger partial charge on any atom is 0.179 e. The third kappa shape index (κ3) is 2.88. The van der Waals surface area contributed by atoms with E-state index >= 15 is 0 Å². The number of sulfone groups is 1. The molecule has 0 atom stereocenters. The Balaban J connectivity index is 2.72. The number of Topliss-reactive ketones (excluding diaryl/α,β-unsaturated/α-hetero) is 1. The molecule has 19 heavy (non-hydrogen) atoms. The Bertz CT molecular complexity index is 771. The first kappa shape index (κ1) is 13.4. The predicted molar refractivity (Wildman–Crippen MR) is 75.2 cm³/mol. The highest BCUT2D eigenvalue weighted by atomic mass is 32.2. The molecule has 0 aliphatic rings. The Morgan fingerprint density at radius 2 is 1.89 bits per heavy atom. The van der Waals surface area contributed by atoms with Gasteiger partial charge in [-0.1, -0.05) is 18.2 Å². The van der Waals surface area contributed by atoms with Gasteiger partial charge in [0, 0.05) is 17.8 Å². The summed E-state index contributed by atoms with van der Waals surface area (Å²) in [5.41, 5.74) is 1.42. The van der Waals surface area contributed by atoms with E-state index in [9.17, 15) is 13.2 Å². The third-order valence-electron chi connectivity index (χ3n) is 2.72. The molecule has 0 fully saturated rings. The summed E-state index contributed by atoms with van der Waals surface area (Å²) in [6.45, 7) is 1.25. The van der Waals surface area contributed by atoms with Crippen molar-refractivity contribution in [1.29, 1.82) is 0 Å². The van der Waals surface area contributed by atoms with Crippen molar-refractivity contribution < 1.29 is 13.2 Å². The average Bonchev–Trinajstić information content (AvgIpc) is 2.34. The molecule has 1 aromatic carbocycles. The van der Waals surface area contributed by atoms with E-state index in [2.05, 4.69) is 4.98 Å². The summed E-state index contributed by atoms with van der Waals surface area (Å²) < 4.78 is 23.2. The van der Waals surface area contributed by atoms with Crippen LogP contribution in [0.1, 0.15) is 12.5 Å². The second kappa shape index (κ2) is 4.93. The largest absolute Gasteiger partial charge is 0.294 e. The van der Waals surface area contributed by atoms with E-state index in [1.165, 1.54) is 13.0 Å². The van der Waals surface area contributed by atoms with Gasteiger partial charge >= 0.3 is 0 Å². The van der Waals surface area contributed by atoms with Crippen LogP contribution < -0.4 is 0 Å². The van der Waals surface area contributed by atoms with Crippen LogP contribution >= 0.6 is 0 Å². The molecule has 0 aliphatic carbocycles. The number of carbonyl (C=O) groups excluding carboxylic acids is 1. The normalized spacial score (nSPS) is 12.6. The molecule has 2 aromatic rings. The van der Waals surface area contributed by atoms with E-state index in [1.807, 2.05) is 24.3 Å². The molecule has 0 saturated heterocycles. The summed E-state index contributed by atoms with van der Waals surface area (Å²) in [5.74, 6) is -0.469. The number of hydrogen-bond donors (Lipinski definition) is 0. The number of ketones is 1. The van der Waals surface area contributed by atoms with Crippen LogP contribution in [0.2, 0.25) is 0 Å². The fourth-order valence-corrected chi connectivity index (χ4v) is 2.72. The molecular formula is C14H13NO3S. The molecule has 98 valence electrons. The van der Waals surface area contributed by atoms with Crippen molar-refractivity contribution in [3.05, 3.63) is 47.0 Å². The lowest BCUT2D eigenvalue weighted by atomic mass is 10.1. The van der Waals surface area contributed by atoms with Crippen molar-refractivity contribution in [2.75, 3.05) is 6.26 Å². The minimum absolute atomic E-state index is 0.191. The van der Waals surface area contributed by atoms with Crippen LogP contribution in [0.25, 0.3) is 17.0 Å². The lowest BCUT2D eigenvalue weighted by Crippen LogP contribution is -2.08. The Labute approximate surface area is 111 Å². The molecule has 4 nitrogen and oxygen atoms in total. The smallest absolute Gasteiger partial charge is 0.179 e. The van der Waals surface area contributed by atoms with E-state index < -0.39 is 15.6 Å². The van der Waals surface area contributed by atoms with Crippen molar-refractivity contribution in [2.24, 2.45) is 0 Å². The number of carbonyl (C=O) groups is 1. The summed E-state index contributed by atoms with van der Waals surface area (Å²) in [7, 11) is -3.54. The van der Waals surface area contributed by atoms with Gasteiger partial charge in [0.25, 0.3) is 0 Å². The monoisotopic (exact) mass is 275 g/mol. The SMILES string of the molecule is CC(=O)/C(=C/c1ccnc2ccccc12)S(C)(=O)=O. The van der Waals surface area contributed by atoms with Crippen LogP contribution in [0.5, 0.6) is 0 Å². The molecule has 0 radical (unpaired) electrons. The summed E-state index contributed by atoms with van der Waals surface area (Å²) in [6.07, 6.45) is 4.03. The van der Waals surface area contributed by atoms with Crippen molar-refractivity contribution in [3.8, 4) is 0 Å². The number of aromatic nitrogens is 1. The van der Waals surface area contributed by atoms with Gasteiger partial charge in [0.05, 0.1) is 5.52 Å². The van der Waals surface area contributed by atoms with Gasteiger partial charge in [-0.05, 0) is 30.7 Å². The van der Waals surface area contributed by atoms with Crippen LogP contribution in [0, 0.1) is 0 Å². The van der Waals surface area contributed by atoms with Crippen molar-refractivity contribution >= 4 is 32.6 Å². The van der Waals surface area contributed by atoms with Crippen molar-refractivity contribution in [1.82, 2.24) is 4.98 Å². The number of fused-ring (bicyclic) bond motifs is 1. The molecule has 2 rings (SSSR count). The Morgan fingerprint density at radius 1 is 1.21 bits per heavy atom. The molecule has 0 spiro atoms. The van der Waals surface area contributed by atoms with Crippen LogP contribution in [0.4, 0.5) is 0 Å². The van der Waals surface area contributed by atoms with Gasteiger partial charge < -0.3 is 0 Å². The van der Waals surface area contributed by atoms with E-state index in [1.54, 1.807) is 12.3 Å². The minimum Gasteiger partial charge on any atom is -0.294 e.